The van der Waals surface area contributed by atoms with E-state index in [0.29, 0.717) is 101 Å². The number of Topliss-reactive ketones (excluding diaryl/α,β-unsaturated/α-hetero) is 1. The highest BCUT2D eigenvalue weighted by Gasteiger charge is 2.47. The van der Waals surface area contributed by atoms with Crippen molar-refractivity contribution in [2.24, 2.45) is 46.8 Å². The van der Waals surface area contributed by atoms with Crippen LogP contribution in [0.15, 0.2) is 6.20 Å². The fraction of sp³-hybridized carbons (Fsp3) is 0.966. The second-order valence-electron chi connectivity index (χ2n) is 36.9. The number of nitrogens with zero attached hydrogens (tertiary/aromatic N) is 3. The number of carbonyl (C=O) groups is 1. The first-order valence-corrected chi connectivity index (χ1v) is 47.9. The van der Waals surface area contributed by atoms with Crippen molar-refractivity contribution >= 4 is 15.8 Å². The number of aryl methyl sites for hydroxylation is 1. The van der Waals surface area contributed by atoms with Crippen molar-refractivity contribution in [3.8, 4) is 0 Å². The summed E-state index contributed by atoms with van der Waals surface area (Å²) in [7, 11) is -3.10. The summed E-state index contributed by atoms with van der Waals surface area (Å²) in [5, 5.41) is 210. The minimum Gasteiger partial charge on any atom is -0.396 e. The van der Waals surface area contributed by atoms with Crippen LogP contribution in [-0.2, 0) is 26.0 Å². The van der Waals surface area contributed by atoms with Crippen molar-refractivity contribution in [3.63, 3.8) is 0 Å². The molecule has 25 N–H and O–H groups in total. The number of unbranched alkanes of at least 4 members (excludes halogenated alkanes) is 6. The van der Waals surface area contributed by atoms with Gasteiger partial charge in [0, 0.05) is 32.8 Å². The van der Waals surface area contributed by atoms with Crippen LogP contribution in [0.25, 0.3) is 0 Å². The van der Waals surface area contributed by atoms with Crippen LogP contribution in [0.3, 0.4) is 0 Å². The number of ketones is 1. The number of sulfonamides is 1. The molecule has 1 aromatic rings. The zero-order chi connectivity index (χ0) is 94.8. The maximum atomic E-state index is 11.6. The number of carbonyl (C=O) groups excluding carboxylic acids is 1. The predicted molar refractivity (Wildman–Crippen MR) is 485 cm³/mol. The first kappa shape index (κ1) is 128. The molecule has 1 aliphatic rings. The van der Waals surface area contributed by atoms with Crippen molar-refractivity contribution in [3.05, 3.63) is 11.9 Å². The van der Waals surface area contributed by atoms with Crippen molar-refractivity contribution < 1.29 is 120 Å². The number of nitrogens with one attached hydrogen (secondary N) is 5. The monoisotopic (exact) mass is 1790 g/mol. The van der Waals surface area contributed by atoms with E-state index in [1.807, 2.05) is 20.8 Å². The van der Waals surface area contributed by atoms with Gasteiger partial charge in [-0.05, 0) is 183 Å². The molecule has 0 saturated carbocycles. The second-order valence-corrected chi connectivity index (χ2v) is 38.8. The third-order valence-corrected chi connectivity index (χ3v) is 22.4. The molecule has 1 aliphatic heterocycles. The van der Waals surface area contributed by atoms with Crippen LogP contribution in [0.2, 0.25) is 0 Å². The Kier molecular flexibility index (Phi) is 81.4. The van der Waals surface area contributed by atoms with Crippen molar-refractivity contribution in [2.75, 3.05) is 77.9 Å². The summed E-state index contributed by atoms with van der Waals surface area (Å²) in [6, 6.07) is 0. The minimum absolute atomic E-state index is 0.0518. The molecule has 0 aromatic carbocycles. The fourth-order valence-electron chi connectivity index (χ4n) is 11.8. The Balaban J connectivity index is -0.000000442. The molecule has 122 heavy (non-hydrogen) atoms. The average molecular weight is 1790 g/mol. The molecule has 21 unspecified atom stereocenters. The van der Waals surface area contributed by atoms with Crippen LogP contribution in [0.4, 0.5) is 0 Å². The lowest BCUT2D eigenvalue weighted by atomic mass is 9.92. The lowest BCUT2D eigenvalue weighted by Crippen LogP contribution is -2.57. The number of aromatic nitrogens is 3. The van der Waals surface area contributed by atoms with Gasteiger partial charge >= 0.3 is 0 Å². The molecular formula is C89H190N8O24S. The molecule has 32 nitrogen and oxygen atoms in total. The van der Waals surface area contributed by atoms with Gasteiger partial charge < -0.3 is 128 Å². The molecule has 0 bridgehead atoms. The zero-order valence-corrected chi connectivity index (χ0v) is 80.5. The Bertz CT molecular complexity index is 2590. The highest BCUT2D eigenvalue weighted by Crippen LogP contribution is 2.29. The third kappa shape index (κ3) is 70.6. The van der Waals surface area contributed by atoms with Crippen molar-refractivity contribution in [1.29, 1.82) is 0 Å². The summed E-state index contributed by atoms with van der Waals surface area (Å²) in [6.07, 6.45) is 2.43. The lowest BCUT2D eigenvalue weighted by Gasteiger charge is -2.39. The molecule has 1 aromatic heterocycles. The molecule has 21 atom stereocenters. The smallest absolute Gasteiger partial charge is 0.211 e. The summed E-state index contributed by atoms with van der Waals surface area (Å²) >= 11 is 0. The number of aliphatic hydroxyl groups is 20. The average Bonchev–Trinajstić information content (AvgIpc) is 1.43. The summed E-state index contributed by atoms with van der Waals surface area (Å²) in [5.41, 5.74) is 0.919. The third-order valence-electron chi connectivity index (χ3n) is 20.9. The summed E-state index contributed by atoms with van der Waals surface area (Å²) in [6.45, 7) is 47.7. The first-order valence-electron chi connectivity index (χ1n) is 46.3. The molecule has 0 aliphatic carbocycles. The van der Waals surface area contributed by atoms with E-state index < -0.39 is 145 Å². The van der Waals surface area contributed by atoms with E-state index >= 15 is 0 Å². The van der Waals surface area contributed by atoms with E-state index in [0.717, 1.165) is 121 Å². The quantitative estimate of drug-likeness (QED) is 0.0380. The van der Waals surface area contributed by atoms with Gasteiger partial charge in [0.2, 0.25) is 10.0 Å². The molecule has 1 fully saturated rings. The Hall–Kier alpha value is -2.28. The van der Waals surface area contributed by atoms with Gasteiger partial charge in [-0.15, -0.1) is 5.10 Å². The fourth-order valence-corrected chi connectivity index (χ4v) is 13.0. The zero-order valence-electron chi connectivity index (χ0n) is 79.7. The van der Waals surface area contributed by atoms with Crippen LogP contribution in [0, 0.1) is 46.8 Å². The SMILES string of the molecule is CC(=O)C1OC(n2cc(CCCCCCC(C)C)nn2)C(O)C(O)C1O.CC(C)(C)CCNCC(O)C(O)C(O)C(O)C(O)CO.CCC(CO)CCCCS(=O)(=O)NCCC(C)C.CCC(O)C(O)C(O)CCNCCC(C)C.CCC(O)C(O)C(O)CNCCC(C)C.CCC(O)C(O)CCCCCC(C)C.CCC(O)C(O)CNCCC(C)C. The molecule has 33 heteroatoms. The van der Waals surface area contributed by atoms with Gasteiger partial charge in [-0.3, -0.25) is 4.79 Å². The number of ether oxygens (including phenoxy) is 1. The number of hydrogen-bond acceptors (Lipinski definition) is 30. The molecule has 2 rings (SSSR count). The van der Waals surface area contributed by atoms with Gasteiger partial charge in [0.1, 0.15) is 61.0 Å². The second kappa shape index (κ2) is 77.5. The van der Waals surface area contributed by atoms with Crippen LogP contribution in [-0.4, -0.2) is 325 Å². The standard InChI is InChI=1S/C18H31N3O5.C13H29NO6.C13H29NO3S.C12H27NO3.C12H26O2.C11H25NO3.C10H23NO2/c1-11(2)8-6-4-5-7-9-13-10-21(20-19-13)18-16(25)14(23)15(24)17(26-18)12(3)22;1-13(2,3)4-5-14-6-8(16)10(18)12(20)11(19)9(17)7-15;1-4-13(11-15)7-5-6-10-18(16,17)14-9-8-12(2)3;1-4-10(14)12(16)11(15)6-8-13-7-5-9(2)3;1-4-11(13)12(14)9-7-5-6-8-10(2)3;1-4-9(13)11(15)10(14)7-12-6-5-8(2)3;1-4-9(12)10(13)7-11-6-5-8(2)3/h10-11,14-18,23-25H,4-9H2,1-3H3;8-12,14-20H,4-7H2,1-3H3;12-15H,4-11H2,1-3H3;9-16H,4-8H2,1-3H3;10-14H,4-9H2,1-3H3;8-15H,4-7H2,1-3H3;8-13H,4-7H2,1-3H3. The van der Waals surface area contributed by atoms with Crippen LogP contribution >= 0.6 is 0 Å². The molecule has 1 saturated heterocycles. The Morgan fingerprint density at radius 1 is 0.418 bits per heavy atom. The highest BCUT2D eigenvalue weighted by atomic mass is 32.2. The van der Waals surface area contributed by atoms with Gasteiger partial charge in [0.05, 0.1) is 79.2 Å². The van der Waals surface area contributed by atoms with E-state index in [9.17, 15) is 100 Å². The molecule has 0 amide bonds. The van der Waals surface area contributed by atoms with Gasteiger partial charge in [-0.1, -0.05) is 208 Å². The molecule has 0 spiro atoms. The minimum atomic E-state index is -3.10. The lowest BCUT2D eigenvalue weighted by molar-refractivity contribution is -0.242. The van der Waals surface area contributed by atoms with Crippen molar-refractivity contribution in [1.82, 2.24) is 41.0 Å². The maximum absolute atomic E-state index is 11.6. The van der Waals surface area contributed by atoms with E-state index in [1.54, 1.807) is 20.0 Å². The first-order chi connectivity index (χ1) is 56.9. The topological polar surface area (TPSA) is 556 Å². The number of rotatable bonds is 61. The largest absolute Gasteiger partial charge is 0.396 e. The van der Waals surface area contributed by atoms with E-state index in [2.05, 4.69) is 140 Å². The van der Waals surface area contributed by atoms with Gasteiger partial charge in [-0.2, -0.15) is 0 Å². The highest BCUT2D eigenvalue weighted by molar-refractivity contribution is 7.89. The Morgan fingerprint density at radius 2 is 0.820 bits per heavy atom. The number of aliphatic hydroxyl groups excluding tert-OH is 20. The van der Waals surface area contributed by atoms with Crippen LogP contribution in [0.5, 0.6) is 0 Å². The summed E-state index contributed by atoms with van der Waals surface area (Å²) in [4.78, 5) is 11.6. The number of hydrogen-bond donors (Lipinski definition) is 25. The Morgan fingerprint density at radius 3 is 1.27 bits per heavy atom. The van der Waals surface area contributed by atoms with Crippen LogP contribution < -0.4 is 26.0 Å². The maximum Gasteiger partial charge on any atom is 0.211 e. The van der Waals surface area contributed by atoms with Crippen molar-refractivity contribution in [2.45, 2.75) is 428 Å². The predicted octanol–water partition coefficient (Wildman–Crippen LogP) is 5.04. The van der Waals surface area contributed by atoms with E-state index in [1.165, 1.54) is 50.1 Å². The van der Waals surface area contributed by atoms with Gasteiger partial charge in [0.15, 0.2) is 12.0 Å². The molecule has 2 heterocycles. The van der Waals surface area contributed by atoms with Gasteiger partial charge in [0.25, 0.3) is 0 Å². The normalized spacial score (nSPS) is 19.6. The van der Waals surface area contributed by atoms with E-state index in [-0.39, 0.29) is 24.3 Å². The molecule has 0 radical (unpaired) electrons. The van der Waals surface area contributed by atoms with Crippen LogP contribution in [0.1, 0.15) is 311 Å². The molecule has 736 valence electrons. The summed E-state index contributed by atoms with van der Waals surface area (Å²) < 4.78 is 32.7. The van der Waals surface area contributed by atoms with E-state index in [4.69, 9.17) is 20.1 Å². The Labute approximate surface area is 738 Å². The van der Waals surface area contributed by atoms with Gasteiger partial charge in [-0.25, -0.2) is 17.8 Å². The molecular weight excluding hydrogens is 1600 g/mol. The summed E-state index contributed by atoms with van der Waals surface area (Å²) in [5.74, 6) is 4.11.